The Morgan fingerprint density at radius 2 is 2.38 bits per heavy atom. The molecule has 1 atom stereocenters. The monoisotopic (exact) mass is 247 g/mol. The fraction of sp³-hybridized carbons (Fsp3) is 0.500. The van der Waals surface area contributed by atoms with E-state index in [1.54, 1.807) is 6.92 Å². The molecule has 0 saturated heterocycles. The normalized spacial score (nSPS) is 13.6. The largest absolute Gasteiger partial charge is 0.480 e. The lowest BCUT2D eigenvalue weighted by atomic mass is 10.2. The molecule has 0 bridgehead atoms. The highest BCUT2D eigenvalue weighted by Crippen LogP contribution is 2.06. The highest BCUT2D eigenvalue weighted by Gasteiger charge is 2.25. The molecule has 90 valence electrons. The number of aliphatic carboxylic acids is 1. The average molecular weight is 247 g/mol. The maximum Gasteiger partial charge on any atom is 0.321 e. The zero-order valence-electron chi connectivity index (χ0n) is 8.67. The van der Waals surface area contributed by atoms with Gasteiger partial charge < -0.3 is 5.11 Å². The van der Waals surface area contributed by atoms with Crippen molar-refractivity contribution in [2.75, 3.05) is 0 Å². The molecule has 3 N–H and O–H groups in total. The van der Waals surface area contributed by atoms with E-state index in [0.717, 1.165) is 0 Å². The smallest absolute Gasteiger partial charge is 0.321 e. The number of H-pyrrole nitrogens is 1. The third kappa shape index (κ3) is 3.04. The van der Waals surface area contributed by atoms with E-state index in [1.807, 2.05) is 0 Å². The summed E-state index contributed by atoms with van der Waals surface area (Å²) in [5.74, 6) is -1.19. The summed E-state index contributed by atoms with van der Waals surface area (Å²) in [7, 11) is -3.83. The molecule has 0 spiro atoms. The highest BCUT2D eigenvalue weighted by atomic mass is 32.2. The second kappa shape index (κ2) is 5.08. The van der Waals surface area contributed by atoms with E-state index < -0.39 is 22.0 Å². The van der Waals surface area contributed by atoms with Gasteiger partial charge in [0.2, 0.25) is 0 Å². The van der Waals surface area contributed by atoms with Crippen molar-refractivity contribution in [1.82, 2.24) is 14.9 Å². The summed E-state index contributed by atoms with van der Waals surface area (Å²) >= 11 is 0. The number of carboxylic acids is 1. The Labute approximate surface area is 92.9 Å². The van der Waals surface area contributed by atoms with Crippen molar-refractivity contribution in [1.29, 1.82) is 0 Å². The maximum atomic E-state index is 11.6. The van der Waals surface area contributed by atoms with Gasteiger partial charge in [-0.2, -0.15) is 9.82 Å². The second-order valence-electron chi connectivity index (χ2n) is 3.22. The van der Waals surface area contributed by atoms with E-state index in [1.165, 1.54) is 12.3 Å². The lowest BCUT2D eigenvalue weighted by molar-refractivity contribution is -0.139. The van der Waals surface area contributed by atoms with Gasteiger partial charge in [-0.15, -0.1) is 0 Å². The van der Waals surface area contributed by atoms with Crippen molar-refractivity contribution in [3.8, 4) is 0 Å². The number of aromatic nitrogens is 2. The van der Waals surface area contributed by atoms with Crippen molar-refractivity contribution in [3.05, 3.63) is 12.3 Å². The standard InChI is InChI=1S/C8H13N3O4S/c1-2-3-6(8(12)13)11-16(14,15)7-4-5-9-10-7/h4-6,11H,2-3H2,1H3,(H,9,10)(H,12,13)/t6-/m1/s1. The van der Waals surface area contributed by atoms with Crippen LogP contribution in [-0.4, -0.2) is 35.7 Å². The van der Waals surface area contributed by atoms with Gasteiger partial charge in [0.05, 0.1) is 6.20 Å². The predicted molar refractivity (Wildman–Crippen MR) is 55.2 cm³/mol. The van der Waals surface area contributed by atoms with Crippen molar-refractivity contribution in [2.24, 2.45) is 0 Å². The molecule has 0 aromatic carbocycles. The molecule has 0 fully saturated rings. The molecule has 0 aliphatic rings. The molecule has 0 aliphatic heterocycles. The van der Waals surface area contributed by atoms with E-state index >= 15 is 0 Å². The zero-order valence-corrected chi connectivity index (χ0v) is 9.49. The van der Waals surface area contributed by atoms with E-state index in [9.17, 15) is 13.2 Å². The number of nitrogens with zero attached hydrogens (tertiary/aromatic N) is 1. The molecule has 0 saturated carbocycles. The maximum absolute atomic E-state index is 11.6. The Hall–Kier alpha value is -1.41. The summed E-state index contributed by atoms with van der Waals surface area (Å²) in [6.07, 6.45) is 2.09. The van der Waals surface area contributed by atoms with Crippen LogP contribution in [0.4, 0.5) is 0 Å². The average Bonchev–Trinajstić information content (AvgIpc) is 2.69. The molecule has 1 heterocycles. The summed E-state index contributed by atoms with van der Waals surface area (Å²) in [6.45, 7) is 1.78. The summed E-state index contributed by atoms with van der Waals surface area (Å²) in [5.41, 5.74) is 0. The Bertz CT molecular complexity index is 440. The van der Waals surface area contributed by atoms with Gasteiger partial charge in [0.15, 0.2) is 5.03 Å². The number of hydrogen-bond donors (Lipinski definition) is 3. The summed E-state index contributed by atoms with van der Waals surface area (Å²) in [6, 6.07) is 0.144. The number of carbonyl (C=O) groups is 1. The minimum Gasteiger partial charge on any atom is -0.480 e. The summed E-state index contributed by atoms with van der Waals surface area (Å²) < 4.78 is 25.4. The number of carboxylic acid groups (broad SMARTS) is 1. The van der Waals surface area contributed by atoms with Crippen LogP contribution in [-0.2, 0) is 14.8 Å². The van der Waals surface area contributed by atoms with Gasteiger partial charge in [-0.3, -0.25) is 9.89 Å². The van der Waals surface area contributed by atoms with E-state index in [-0.39, 0.29) is 11.4 Å². The van der Waals surface area contributed by atoms with Crippen molar-refractivity contribution in [3.63, 3.8) is 0 Å². The Morgan fingerprint density at radius 1 is 1.69 bits per heavy atom. The fourth-order valence-corrected chi connectivity index (χ4v) is 2.30. The van der Waals surface area contributed by atoms with Crippen LogP contribution in [0.5, 0.6) is 0 Å². The number of nitrogens with one attached hydrogen (secondary N) is 2. The first-order valence-electron chi connectivity index (χ1n) is 4.72. The third-order valence-electron chi connectivity index (χ3n) is 1.94. The second-order valence-corrected chi connectivity index (χ2v) is 4.90. The van der Waals surface area contributed by atoms with Crippen LogP contribution >= 0.6 is 0 Å². The summed E-state index contributed by atoms with van der Waals surface area (Å²) in [5, 5.41) is 14.4. The number of aromatic amines is 1. The minimum atomic E-state index is -3.83. The van der Waals surface area contributed by atoms with Gasteiger partial charge in [0.25, 0.3) is 10.0 Å². The Kier molecular flexibility index (Phi) is 4.02. The Morgan fingerprint density at radius 3 is 2.81 bits per heavy atom. The highest BCUT2D eigenvalue weighted by molar-refractivity contribution is 7.89. The molecule has 0 unspecified atom stereocenters. The van der Waals surface area contributed by atoms with Crippen LogP contribution in [0, 0.1) is 0 Å². The lowest BCUT2D eigenvalue weighted by Crippen LogP contribution is -2.40. The van der Waals surface area contributed by atoms with Gasteiger partial charge in [0.1, 0.15) is 6.04 Å². The number of sulfonamides is 1. The van der Waals surface area contributed by atoms with E-state index in [4.69, 9.17) is 5.11 Å². The van der Waals surface area contributed by atoms with Gasteiger partial charge in [-0.25, -0.2) is 8.42 Å². The molecule has 1 aromatic heterocycles. The van der Waals surface area contributed by atoms with E-state index in [0.29, 0.717) is 6.42 Å². The zero-order chi connectivity index (χ0) is 12.2. The van der Waals surface area contributed by atoms with Crippen molar-refractivity contribution in [2.45, 2.75) is 30.8 Å². The molecule has 16 heavy (non-hydrogen) atoms. The van der Waals surface area contributed by atoms with Crippen LogP contribution in [0.2, 0.25) is 0 Å². The van der Waals surface area contributed by atoms with Crippen molar-refractivity contribution >= 4 is 16.0 Å². The van der Waals surface area contributed by atoms with Crippen LogP contribution in [0.25, 0.3) is 0 Å². The first-order valence-corrected chi connectivity index (χ1v) is 6.20. The molecular weight excluding hydrogens is 234 g/mol. The molecule has 1 rings (SSSR count). The predicted octanol–water partition coefficient (Wildman–Crippen LogP) is -0.0587. The first kappa shape index (κ1) is 12.7. The SMILES string of the molecule is CCC[C@@H](NS(=O)(=O)c1ccn[nH]1)C(=O)O. The molecule has 0 amide bonds. The van der Waals surface area contributed by atoms with Crippen LogP contribution in [0.1, 0.15) is 19.8 Å². The molecule has 8 heteroatoms. The Balaban J connectivity index is 2.82. The minimum absolute atomic E-state index is 0.144. The summed E-state index contributed by atoms with van der Waals surface area (Å²) in [4.78, 5) is 10.8. The quantitative estimate of drug-likeness (QED) is 0.652. The van der Waals surface area contributed by atoms with Gasteiger partial charge in [0, 0.05) is 0 Å². The number of rotatable bonds is 6. The van der Waals surface area contributed by atoms with Crippen LogP contribution in [0.3, 0.4) is 0 Å². The molecule has 1 aromatic rings. The molecule has 7 nitrogen and oxygen atoms in total. The molecule has 0 radical (unpaired) electrons. The molecule has 0 aliphatic carbocycles. The van der Waals surface area contributed by atoms with E-state index in [2.05, 4.69) is 14.9 Å². The van der Waals surface area contributed by atoms with Gasteiger partial charge >= 0.3 is 5.97 Å². The van der Waals surface area contributed by atoms with Crippen molar-refractivity contribution < 1.29 is 18.3 Å². The van der Waals surface area contributed by atoms with Crippen LogP contribution in [0.15, 0.2) is 17.3 Å². The number of hydrogen-bond acceptors (Lipinski definition) is 4. The lowest BCUT2D eigenvalue weighted by Gasteiger charge is -2.12. The topological polar surface area (TPSA) is 112 Å². The first-order chi connectivity index (χ1) is 7.47. The van der Waals surface area contributed by atoms with Gasteiger partial charge in [-0.1, -0.05) is 13.3 Å². The fourth-order valence-electron chi connectivity index (χ4n) is 1.17. The third-order valence-corrected chi connectivity index (χ3v) is 3.34. The molecular formula is C8H13N3O4S. The van der Waals surface area contributed by atoms with Crippen LogP contribution < -0.4 is 4.72 Å². The van der Waals surface area contributed by atoms with Gasteiger partial charge in [-0.05, 0) is 12.5 Å².